The van der Waals surface area contributed by atoms with Crippen LogP contribution >= 0.6 is 50.5 Å². The van der Waals surface area contributed by atoms with Crippen molar-refractivity contribution in [2.24, 2.45) is 0 Å². The van der Waals surface area contributed by atoms with E-state index in [1.165, 1.54) is 29.5 Å². The summed E-state index contributed by atoms with van der Waals surface area (Å²) >= 11 is 16.7. The van der Waals surface area contributed by atoms with Crippen molar-refractivity contribution < 1.29 is 9.72 Å². The van der Waals surface area contributed by atoms with Crippen LogP contribution in [-0.4, -0.2) is 10.8 Å². The Balaban J connectivity index is 1.93. The molecule has 0 fully saturated rings. The van der Waals surface area contributed by atoms with Gasteiger partial charge in [0.15, 0.2) is 0 Å². The average Bonchev–Trinajstić information content (AvgIpc) is 2.85. The number of hydrogen-bond acceptors (Lipinski definition) is 4. The first-order chi connectivity index (χ1) is 11.4. The van der Waals surface area contributed by atoms with Crippen molar-refractivity contribution in [2.75, 3.05) is 5.32 Å². The number of nitrogens with one attached hydrogen (secondary N) is 1. The fourth-order valence-corrected chi connectivity index (χ4v) is 4.24. The number of halogens is 3. The maximum Gasteiger partial charge on any atom is 0.270 e. The molecule has 0 saturated heterocycles. The number of rotatable bonds is 3. The lowest BCUT2D eigenvalue weighted by molar-refractivity contribution is -0.384. The van der Waals surface area contributed by atoms with Gasteiger partial charge in [-0.05, 0) is 34.1 Å². The molecule has 3 rings (SSSR count). The minimum atomic E-state index is -0.511. The Morgan fingerprint density at radius 1 is 1.21 bits per heavy atom. The van der Waals surface area contributed by atoms with Crippen LogP contribution in [0.2, 0.25) is 10.0 Å². The standard InChI is InChI=1S/C15H7BrCl2N2O3S/c16-10-6-8(20(22)23)2-4-11(10)19-15(21)14-13(18)9-3-1-7(17)5-12(9)24-14/h1-6H,(H,19,21). The predicted molar refractivity (Wildman–Crippen MR) is 101 cm³/mol. The minimum Gasteiger partial charge on any atom is -0.320 e. The number of anilines is 1. The number of fused-ring (bicyclic) bond motifs is 1. The van der Waals surface area contributed by atoms with Crippen LogP contribution in [0.3, 0.4) is 0 Å². The third-order valence-corrected chi connectivity index (χ3v) is 5.76. The van der Waals surface area contributed by atoms with Gasteiger partial charge in [0.05, 0.1) is 15.6 Å². The van der Waals surface area contributed by atoms with Crippen LogP contribution in [0.25, 0.3) is 10.1 Å². The maximum atomic E-state index is 12.5. The Morgan fingerprint density at radius 3 is 2.62 bits per heavy atom. The van der Waals surface area contributed by atoms with Crippen LogP contribution in [0, 0.1) is 10.1 Å². The zero-order valence-corrected chi connectivity index (χ0v) is 15.6. The highest BCUT2D eigenvalue weighted by Crippen LogP contribution is 2.37. The number of amides is 1. The molecule has 24 heavy (non-hydrogen) atoms. The number of nitrogens with zero attached hydrogens (tertiary/aromatic N) is 1. The van der Waals surface area contributed by atoms with E-state index in [4.69, 9.17) is 23.2 Å². The second-order valence-electron chi connectivity index (χ2n) is 4.76. The molecule has 1 amide bonds. The van der Waals surface area contributed by atoms with E-state index in [0.29, 0.717) is 25.1 Å². The average molecular weight is 446 g/mol. The van der Waals surface area contributed by atoms with Crippen molar-refractivity contribution in [2.45, 2.75) is 0 Å². The summed E-state index contributed by atoms with van der Waals surface area (Å²) in [5.74, 6) is -0.396. The monoisotopic (exact) mass is 444 g/mol. The van der Waals surface area contributed by atoms with Gasteiger partial charge in [-0.1, -0.05) is 29.3 Å². The summed E-state index contributed by atoms with van der Waals surface area (Å²) in [6, 6.07) is 9.30. The molecule has 0 spiro atoms. The fraction of sp³-hybridized carbons (Fsp3) is 0. The zero-order chi connectivity index (χ0) is 17.4. The molecule has 9 heteroatoms. The van der Waals surface area contributed by atoms with E-state index in [-0.39, 0.29) is 5.69 Å². The SMILES string of the molecule is O=C(Nc1ccc([N+](=O)[O-])cc1Br)c1sc2cc(Cl)ccc2c1Cl. The number of carbonyl (C=O) groups is 1. The molecule has 0 saturated carbocycles. The van der Waals surface area contributed by atoms with Gasteiger partial charge < -0.3 is 5.32 Å². The second kappa shape index (κ2) is 6.68. The van der Waals surface area contributed by atoms with Crippen molar-refractivity contribution in [1.82, 2.24) is 0 Å². The van der Waals surface area contributed by atoms with Gasteiger partial charge in [-0.2, -0.15) is 0 Å². The molecule has 1 aromatic heterocycles. The van der Waals surface area contributed by atoms with Gasteiger partial charge in [-0.25, -0.2) is 0 Å². The van der Waals surface area contributed by atoms with Crippen LogP contribution in [0.1, 0.15) is 9.67 Å². The van der Waals surface area contributed by atoms with E-state index in [2.05, 4.69) is 21.2 Å². The first-order valence-electron chi connectivity index (χ1n) is 6.49. The molecular formula is C15H7BrCl2N2O3S. The highest BCUT2D eigenvalue weighted by atomic mass is 79.9. The second-order valence-corrected chi connectivity index (χ2v) is 7.48. The number of hydrogen-bond donors (Lipinski definition) is 1. The van der Waals surface area contributed by atoms with Gasteiger partial charge in [0.2, 0.25) is 0 Å². The minimum absolute atomic E-state index is 0.0746. The van der Waals surface area contributed by atoms with Crippen molar-refractivity contribution in [1.29, 1.82) is 0 Å². The molecule has 3 aromatic rings. The first kappa shape index (κ1) is 17.2. The summed E-state index contributed by atoms with van der Waals surface area (Å²) in [5.41, 5.74) is 0.339. The maximum absolute atomic E-state index is 12.5. The van der Waals surface area contributed by atoms with Crippen LogP contribution < -0.4 is 5.32 Å². The summed E-state index contributed by atoms with van der Waals surface area (Å²) < 4.78 is 1.21. The van der Waals surface area contributed by atoms with E-state index >= 15 is 0 Å². The van der Waals surface area contributed by atoms with E-state index < -0.39 is 10.8 Å². The summed E-state index contributed by atoms with van der Waals surface area (Å²) in [4.78, 5) is 23.1. The molecule has 2 aromatic carbocycles. The fourth-order valence-electron chi connectivity index (χ4n) is 2.08. The lowest BCUT2D eigenvalue weighted by atomic mass is 10.2. The van der Waals surface area contributed by atoms with Crippen molar-refractivity contribution in [3.63, 3.8) is 0 Å². The first-order valence-corrected chi connectivity index (χ1v) is 8.86. The van der Waals surface area contributed by atoms with E-state index in [1.54, 1.807) is 18.2 Å². The van der Waals surface area contributed by atoms with Gasteiger partial charge in [0, 0.05) is 31.7 Å². The van der Waals surface area contributed by atoms with Gasteiger partial charge in [-0.3, -0.25) is 14.9 Å². The van der Waals surface area contributed by atoms with Crippen molar-refractivity contribution in [3.8, 4) is 0 Å². The molecule has 0 atom stereocenters. The molecule has 0 aliphatic carbocycles. The number of carbonyl (C=O) groups excluding carboxylic acids is 1. The number of nitro groups is 1. The summed E-state index contributed by atoms with van der Waals surface area (Å²) in [5, 5.41) is 15.1. The van der Waals surface area contributed by atoms with Gasteiger partial charge >= 0.3 is 0 Å². The topological polar surface area (TPSA) is 72.2 Å². The molecule has 1 heterocycles. The van der Waals surface area contributed by atoms with Gasteiger partial charge in [-0.15, -0.1) is 11.3 Å². The Hall–Kier alpha value is -1.67. The van der Waals surface area contributed by atoms with Crippen molar-refractivity contribution in [3.05, 3.63) is 65.9 Å². The Morgan fingerprint density at radius 2 is 1.96 bits per heavy atom. The van der Waals surface area contributed by atoms with Gasteiger partial charge in [0.25, 0.3) is 11.6 Å². The third kappa shape index (κ3) is 3.25. The lowest BCUT2D eigenvalue weighted by Crippen LogP contribution is -2.11. The number of benzene rings is 2. The number of nitro benzene ring substituents is 1. The van der Waals surface area contributed by atoms with Crippen molar-refractivity contribution >= 4 is 77.8 Å². The predicted octanol–water partition coefficient (Wildman–Crippen LogP) is 6.13. The molecule has 0 aliphatic rings. The Labute approximate surface area is 158 Å². The van der Waals surface area contributed by atoms with E-state index in [0.717, 1.165) is 10.1 Å². The molecule has 0 unspecified atom stereocenters. The van der Waals surface area contributed by atoms with Crippen LogP contribution in [0.5, 0.6) is 0 Å². The highest BCUT2D eigenvalue weighted by molar-refractivity contribution is 9.10. The molecule has 122 valence electrons. The van der Waals surface area contributed by atoms with E-state index in [1.807, 2.05) is 0 Å². The summed E-state index contributed by atoms with van der Waals surface area (Å²) in [6.45, 7) is 0. The van der Waals surface area contributed by atoms with Gasteiger partial charge in [0.1, 0.15) is 4.88 Å². The normalized spacial score (nSPS) is 10.8. The van der Waals surface area contributed by atoms with Crippen LogP contribution in [-0.2, 0) is 0 Å². The largest absolute Gasteiger partial charge is 0.320 e. The van der Waals surface area contributed by atoms with Crippen LogP contribution in [0.15, 0.2) is 40.9 Å². The summed E-state index contributed by atoms with van der Waals surface area (Å²) in [7, 11) is 0. The lowest BCUT2D eigenvalue weighted by Gasteiger charge is -2.06. The Kier molecular flexibility index (Phi) is 4.78. The zero-order valence-electron chi connectivity index (χ0n) is 11.7. The molecule has 5 nitrogen and oxygen atoms in total. The van der Waals surface area contributed by atoms with E-state index in [9.17, 15) is 14.9 Å². The molecule has 0 aliphatic heterocycles. The Bertz CT molecular complexity index is 990. The van der Waals surface area contributed by atoms with Crippen LogP contribution in [0.4, 0.5) is 11.4 Å². The smallest absolute Gasteiger partial charge is 0.270 e. The number of non-ortho nitro benzene ring substituents is 1. The molecule has 0 bridgehead atoms. The highest BCUT2D eigenvalue weighted by Gasteiger charge is 2.19. The molecular weight excluding hydrogens is 439 g/mol. The quantitative estimate of drug-likeness (QED) is 0.389. The third-order valence-electron chi connectivity index (χ3n) is 3.21. The molecule has 1 N–H and O–H groups in total. The number of thiophene rings is 1. The summed E-state index contributed by atoms with van der Waals surface area (Å²) in [6.07, 6.45) is 0. The molecule has 0 radical (unpaired) electrons.